The molecule has 0 bridgehead atoms. The molecule has 0 aliphatic carbocycles. The molecule has 5 heteroatoms. The zero-order chi connectivity index (χ0) is 19.6. The van der Waals surface area contributed by atoms with Gasteiger partial charge in [0.15, 0.2) is 0 Å². The van der Waals surface area contributed by atoms with Crippen LogP contribution in [0.3, 0.4) is 0 Å². The fourth-order valence-electron chi connectivity index (χ4n) is 2.85. The Hall–Kier alpha value is -2.59. The first kappa shape index (κ1) is 20.7. The van der Waals surface area contributed by atoms with Gasteiger partial charge < -0.3 is 10.2 Å². The van der Waals surface area contributed by atoms with Gasteiger partial charge in [-0.1, -0.05) is 67.1 Å². The van der Waals surface area contributed by atoms with Crippen LogP contribution in [0, 0.1) is 0 Å². The van der Waals surface area contributed by atoms with Crippen molar-refractivity contribution in [2.45, 2.75) is 32.4 Å². The van der Waals surface area contributed by atoms with Crippen molar-refractivity contribution >= 4 is 23.4 Å². The molecule has 0 saturated carbocycles. The van der Waals surface area contributed by atoms with Gasteiger partial charge in [-0.3, -0.25) is 9.59 Å². The van der Waals surface area contributed by atoms with Crippen molar-refractivity contribution in [1.82, 2.24) is 10.2 Å². The first-order valence-corrected chi connectivity index (χ1v) is 9.42. The van der Waals surface area contributed by atoms with Gasteiger partial charge in [0.25, 0.3) is 0 Å². The summed E-state index contributed by atoms with van der Waals surface area (Å²) < 4.78 is 0. The molecule has 4 nitrogen and oxygen atoms in total. The van der Waals surface area contributed by atoms with Gasteiger partial charge in [0.2, 0.25) is 11.8 Å². The monoisotopic (exact) mass is 384 g/mol. The van der Waals surface area contributed by atoms with Crippen molar-refractivity contribution in [3.63, 3.8) is 0 Å². The zero-order valence-electron chi connectivity index (χ0n) is 15.5. The van der Waals surface area contributed by atoms with Gasteiger partial charge >= 0.3 is 0 Å². The maximum atomic E-state index is 12.9. The summed E-state index contributed by atoms with van der Waals surface area (Å²) in [6.07, 6.45) is 2.72. The Labute approximate surface area is 165 Å². The summed E-state index contributed by atoms with van der Waals surface area (Å²) >= 11 is 5.97. The van der Waals surface area contributed by atoms with E-state index in [4.69, 9.17) is 11.6 Å². The average Bonchev–Trinajstić information content (AvgIpc) is 2.68. The molecule has 0 unspecified atom stereocenters. The van der Waals surface area contributed by atoms with Crippen molar-refractivity contribution in [1.29, 1.82) is 0 Å². The van der Waals surface area contributed by atoms with Crippen LogP contribution >= 0.6 is 11.6 Å². The van der Waals surface area contributed by atoms with Crippen molar-refractivity contribution < 1.29 is 9.59 Å². The zero-order valence-corrected chi connectivity index (χ0v) is 16.3. The molecular weight excluding hydrogens is 360 g/mol. The third kappa shape index (κ3) is 5.97. The summed E-state index contributed by atoms with van der Waals surface area (Å²) in [5, 5.41) is 3.46. The lowest BCUT2D eigenvalue weighted by Crippen LogP contribution is -2.43. The molecule has 0 fully saturated rings. The van der Waals surface area contributed by atoms with E-state index in [1.165, 1.54) is 0 Å². The van der Waals surface area contributed by atoms with Gasteiger partial charge in [-0.25, -0.2) is 0 Å². The molecule has 0 aromatic heterocycles. The molecule has 0 spiro atoms. The van der Waals surface area contributed by atoms with Crippen molar-refractivity contribution in [3.8, 4) is 0 Å². The molecule has 0 radical (unpaired) electrons. The second-order valence-electron chi connectivity index (χ2n) is 6.25. The number of carbonyl (C=O) groups excluding carboxylic acids is 2. The Morgan fingerprint density at radius 3 is 2.41 bits per heavy atom. The number of amides is 2. The quantitative estimate of drug-likeness (QED) is 0.646. The lowest BCUT2D eigenvalue weighted by Gasteiger charge is -2.31. The van der Waals surface area contributed by atoms with E-state index in [0.717, 1.165) is 11.1 Å². The van der Waals surface area contributed by atoms with Crippen LogP contribution in [-0.4, -0.2) is 23.3 Å². The number of hydrogen-bond acceptors (Lipinski definition) is 2. The van der Waals surface area contributed by atoms with E-state index in [9.17, 15) is 9.59 Å². The molecule has 0 saturated heterocycles. The number of carbonyl (C=O) groups is 2. The minimum absolute atomic E-state index is 0.0601. The predicted octanol–water partition coefficient (Wildman–Crippen LogP) is 4.51. The first-order valence-electron chi connectivity index (χ1n) is 9.04. The minimum atomic E-state index is -0.708. The van der Waals surface area contributed by atoms with Crippen LogP contribution < -0.4 is 5.32 Å². The lowest BCUT2D eigenvalue weighted by molar-refractivity contribution is -0.141. The molecule has 27 heavy (non-hydrogen) atoms. The normalized spacial score (nSPS) is 11.5. The molecule has 0 heterocycles. The SMILES string of the molecule is C=CCNC(=O)[C@@H](c1ccccc1)N(Cc1ccc(Cl)cc1)C(=O)CCC. The molecule has 2 aromatic rings. The fraction of sp³-hybridized carbons (Fsp3) is 0.273. The minimum Gasteiger partial charge on any atom is -0.351 e. The summed E-state index contributed by atoms with van der Waals surface area (Å²) in [5.74, 6) is -0.283. The summed E-state index contributed by atoms with van der Waals surface area (Å²) in [6.45, 7) is 6.27. The number of benzene rings is 2. The number of halogens is 1. The van der Waals surface area contributed by atoms with Gasteiger partial charge in [0.1, 0.15) is 6.04 Å². The average molecular weight is 385 g/mol. The number of hydrogen-bond donors (Lipinski definition) is 1. The van der Waals surface area contributed by atoms with E-state index in [1.807, 2.05) is 49.4 Å². The standard InChI is InChI=1S/C22H25ClN2O2/c1-3-8-20(26)25(16-17-11-13-19(23)14-12-17)21(22(27)24-15-4-2)18-9-6-5-7-10-18/h4-7,9-14,21H,2-3,8,15-16H2,1H3,(H,24,27)/t21-/m1/s1. The smallest absolute Gasteiger partial charge is 0.247 e. The van der Waals surface area contributed by atoms with Crippen LogP contribution in [0.2, 0.25) is 5.02 Å². The molecule has 0 aliphatic heterocycles. The van der Waals surface area contributed by atoms with Crippen molar-refractivity contribution in [2.75, 3.05) is 6.54 Å². The lowest BCUT2D eigenvalue weighted by atomic mass is 10.0. The molecule has 1 N–H and O–H groups in total. The molecule has 2 aromatic carbocycles. The van der Waals surface area contributed by atoms with Gasteiger partial charge in [-0.15, -0.1) is 6.58 Å². The van der Waals surface area contributed by atoms with E-state index >= 15 is 0 Å². The van der Waals surface area contributed by atoms with Gasteiger partial charge in [0, 0.05) is 24.5 Å². The summed E-state index contributed by atoms with van der Waals surface area (Å²) in [6, 6.07) is 16.0. The van der Waals surface area contributed by atoms with Crippen molar-refractivity contribution in [3.05, 3.63) is 83.4 Å². The van der Waals surface area contributed by atoms with Crippen LogP contribution in [0.4, 0.5) is 0 Å². The number of nitrogens with one attached hydrogen (secondary N) is 1. The van der Waals surface area contributed by atoms with E-state index < -0.39 is 6.04 Å². The van der Waals surface area contributed by atoms with E-state index in [0.29, 0.717) is 31.0 Å². The van der Waals surface area contributed by atoms with Crippen LogP contribution in [0.5, 0.6) is 0 Å². The topological polar surface area (TPSA) is 49.4 Å². The van der Waals surface area contributed by atoms with Gasteiger partial charge in [-0.2, -0.15) is 0 Å². The fourth-order valence-corrected chi connectivity index (χ4v) is 2.97. The molecule has 1 atom stereocenters. The molecule has 0 aliphatic rings. The van der Waals surface area contributed by atoms with Crippen molar-refractivity contribution in [2.24, 2.45) is 0 Å². The van der Waals surface area contributed by atoms with Crippen LogP contribution in [0.15, 0.2) is 67.3 Å². The van der Waals surface area contributed by atoms with E-state index in [2.05, 4.69) is 11.9 Å². The Bertz CT molecular complexity index is 760. The third-order valence-electron chi connectivity index (χ3n) is 4.15. The Balaban J connectivity index is 2.41. The van der Waals surface area contributed by atoms with Crippen LogP contribution in [0.1, 0.15) is 36.9 Å². The number of rotatable bonds is 9. The highest BCUT2D eigenvalue weighted by atomic mass is 35.5. The number of nitrogens with zero attached hydrogens (tertiary/aromatic N) is 1. The van der Waals surface area contributed by atoms with Crippen LogP contribution in [-0.2, 0) is 16.1 Å². The summed E-state index contributed by atoms with van der Waals surface area (Å²) in [4.78, 5) is 27.5. The third-order valence-corrected chi connectivity index (χ3v) is 4.40. The second-order valence-corrected chi connectivity index (χ2v) is 6.68. The highest BCUT2D eigenvalue weighted by Gasteiger charge is 2.30. The van der Waals surface area contributed by atoms with Gasteiger partial charge in [-0.05, 0) is 29.7 Å². The summed E-state index contributed by atoms with van der Waals surface area (Å²) in [5.41, 5.74) is 1.69. The van der Waals surface area contributed by atoms with Crippen LogP contribution in [0.25, 0.3) is 0 Å². The van der Waals surface area contributed by atoms with E-state index in [1.54, 1.807) is 23.1 Å². The predicted molar refractivity (Wildman–Crippen MR) is 109 cm³/mol. The van der Waals surface area contributed by atoms with E-state index in [-0.39, 0.29) is 11.8 Å². The largest absolute Gasteiger partial charge is 0.351 e. The Kier molecular flexibility index (Phi) is 8.08. The Morgan fingerprint density at radius 1 is 1.15 bits per heavy atom. The maximum Gasteiger partial charge on any atom is 0.247 e. The Morgan fingerprint density at radius 2 is 1.81 bits per heavy atom. The molecule has 2 amide bonds. The maximum absolute atomic E-state index is 12.9. The highest BCUT2D eigenvalue weighted by molar-refractivity contribution is 6.30. The molecule has 142 valence electrons. The summed E-state index contributed by atoms with van der Waals surface area (Å²) in [7, 11) is 0. The van der Waals surface area contributed by atoms with Gasteiger partial charge in [0.05, 0.1) is 0 Å². The highest BCUT2D eigenvalue weighted by Crippen LogP contribution is 2.25. The first-order chi connectivity index (χ1) is 13.1. The second kappa shape index (κ2) is 10.5. The molecule has 2 rings (SSSR count). The molecular formula is C22H25ClN2O2.